The van der Waals surface area contributed by atoms with E-state index in [-0.39, 0.29) is 5.38 Å². The smallest absolute Gasteiger partial charge is 0.124 e. The highest BCUT2D eigenvalue weighted by Crippen LogP contribution is 2.34. The predicted molar refractivity (Wildman–Crippen MR) is 89.3 cm³/mol. The second-order valence-corrected chi connectivity index (χ2v) is 6.29. The number of hydrogen-bond donors (Lipinski definition) is 0. The number of hydrogen-bond acceptors (Lipinski definition) is 1. The molecule has 2 rings (SSSR count). The monoisotopic (exact) mass is 386 g/mol. The summed E-state index contributed by atoms with van der Waals surface area (Å²) in [4.78, 5) is 0. The normalized spacial score (nSPS) is 12.3. The second kappa shape index (κ2) is 6.14. The minimum atomic E-state index is -0.127. The SMILES string of the molecule is COc1c(C)cc(C(Cl)c2cccc(I)c2)cc1C. The van der Waals surface area contributed by atoms with Crippen LogP contribution in [0.2, 0.25) is 0 Å². The molecular weight excluding hydrogens is 371 g/mol. The molecule has 1 unspecified atom stereocenters. The van der Waals surface area contributed by atoms with E-state index in [1.807, 2.05) is 19.9 Å². The van der Waals surface area contributed by atoms with Crippen LogP contribution in [0.5, 0.6) is 5.75 Å². The second-order valence-electron chi connectivity index (χ2n) is 4.61. The van der Waals surface area contributed by atoms with Crippen molar-refractivity contribution in [1.82, 2.24) is 0 Å². The van der Waals surface area contributed by atoms with Gasteiger partial charge in [-0.1, -0.05) is 24.3 Å². The van der Waals surface area contributed by atoms with Crippen molar-refractivity contribution in [1.29, 1.82) is 0 Å². The average Bonchev–Trinajstić information content (AvgIpc) is 2.37. The van der Waals surface area contributed by atoms with Gasteiger partial charge in [-0.15, -0.1) is 11.6 Å². The van der Waals surface area contributed by atoms with Crippen molar-refractivity contribution in [3.63, 3.8) is 0 Å². The summed E-state index contributed by atoms with van der Waals surface area (Å²) in [5.74, 6) is 0.940. The number of alkyl halides is 1. The number of methoxy groups -OCH3 is 1. The lowest BCUT2D eigenvalue weighted by Crippen LogP contribution is -1.98. The van der Waals surface area contributed by atoms with E-state index in [9.17, 15) is 0 Å². The van der Waals surface area contributed by atoms with E-state index in [2.05, 4.69) is 52.9 Å². The lowest BCUT2D eigenvalue weighted by atomic mass is 9.99. The van der Waals surface area contributed by atoms with Crippen LogP contribution >= 0.6 is 34.2 Å². The molecule has 0 aliphatic heterocycles. The third-order valence-electron chi connectivity index (χ3n) is 3.12. The Kier molecular flexibility index (Phi) is 4.74. The molecule has 0 bridgehead atoms. The molecule has 0 fully saturated rings. The van der Waals surface area contributed by atoms with Crippen LogP contribution in [0.3, 0.4) is 0 Å². The summed E-state index contributed by atoms with van der Waals surface area (Å²) in [6.07, 6.45) is 0. The molecular formula is C16H16ClIO. The van der Waals surface area contributed by atoms with Crippen molar-refractivity contribution in [3.05, 3.63) is 62.2 Å². The van der Waals surface area contributed by atoms with Crippen molar-refractivity contribution < 1.29 is 4.74 Å². The average molecular weight is 387 g/mol. The summed E-state index contributed by atoms with van der Waals surface area (Å²) < 4.78 is 6.59. The maximum atomic E-state index is 6.60. The summed E-state index contributed by atoms with van der Waals surface area (Å²) in [7, 11) is 1.70. The molecule has 0 saturated heterocycles. The number of benzene rings is 2. The van der Waals surface area contributed by atoms with E-state index in [0.29, 0.717) is 0 Å². The fraction of sp³-hybridized carbons (Fsp3) is 0.250. The topological polar surface area (TPSA) is 9.23 Å². The van der Waals surface area contributed by atoms with Crippen molar-refractivity contribution in [3.8, 4) is 5.75 Å². The Labute approximate surface area is 133 Å². The maximum absolute atomic E-state index is 6.60. The number of halogens is 2. The van der Waals surface area contributed by atoms with Crippen LogP contribution in [0.15, 0.2) is 36.4 Å². The van der Waals surface area contributed by atoms with Crippen LogP contribution in [0, 0.1) is 17.4 Å². The summed E-state index contributed by atoms with van der Waals surface area (Å²) in [6.45, 7) is 4.10. The van der Waals surface area contributed by atoms with Gasteiger partial charge in [0.05, 0.1) is 12.5 Å². The quantitative estimate of drug-likeness (QED) is 0.517. The van der Waals surface area contributed by atoms with Gasteiger partial charge in [0.1, 0.15) is 5.75 Å². The Balaban J connectivity index is 2.42. The van der Waals surface area contributed by atoms with E-state index in [1.165, 1.54) is 3.57 Å². The highest BCUT2D eigenvalue weighted by molar-refractivity contribution is 14.1. The zero-order valence-corrected chi connectivity index (χ0v) is 14.1. The number of rotatable bonds is 3. The summed E-state index contributed by atoms with van der Waals surface area (Å²) >= 11 is 8.90. The standard InChI is InChI=1S/C16H16ClIO/c1-10-7-13(8-11(2)16(10)19-3)15(17)12-5-4-6-14(18)9-12/h4-9,15H,1-3H3. The molecule has 0 N–H and O–H groups in total. The number of aryl methyl sites for hydroxylation is 2. The lowest BCUT2D eigenvalue weighted by molar-refractivity contribution is 0.408. The Morgan fingerprint density at radius 2 is 1.68 bits per heavy atom. The number of ether oxygens (including phenoxy) is 1. The van der Waals surface area contributed by atoms with Gasteiger partial charge < -0.3 is 4.74 Å². The third-order valence-corrected chi connectivity index (χ3v) is 4.30. The predicted octanol–water partition coefficient (Wildman–Crippen LogP) is 5.24. The Morgan fingerprint density at radius 1 is 1.05 bits per heavy atom. The van der Waals surface area contributed by atoms with E-state index < -0.39 is 0 Å². The molecule has 3 heteroatoms. The summed E-state index contributed by atoms with van der Waals surface area (Å²) in [5, 5.41) is -0.127. The van der Waals surface area contributed by atoms with Gasteiger partial charge in [0.25, 0.3) is 0 Å². The Hall–Kier alpha value is -0.740. The first-order chi connectivity index (χ1) is 9.02. The van der Waals surface area contributed by atoms with Gasteiger partial charge in [-0.05, 0) is 70.8 Å². The molecule has 0 amide bonds. The molecule has 0 spiro atoms. The minimum Gasteiger partial charge on any atom is -0.496 e. The van der Waals surface area contributed by atoms with E-state index in [1.54, 1.807) is 7.11 Å². The molecule has 0 heterocycles. The molecule has 0 saturated carbocycles. The van der Waals surface area contributed by atoms with Crippen LogP contribution < -0.4 is 4.74 Å². The highest BCUT2D eigenvalue weighted by atomic mass is 127. The van der Waals surface area contributed by atoms with Gasteiger partial charge in [0.15, 0.2) is 0 Å². The van der Waals surface area contributed by atoms with Gasteiger partial charge in [-0.3, -0.25) is 0 Å². The van der Waals surface area contributed by atoms with Crippen molar-refractivity contribution in [2.45, 2.75) is 19.2 Å². The van der Waals surface area contributed by atoms with Crippen molar-refractivity contribution in [2.24, 2.45) is 0 Å². The first-order valence-corrected chi connectivity index (χ1v) is 7.59. The molecule has 1 nitrogen and oxygen atoms in total. The minimum absolute atomic E-state index is 0.127. The molecule has 0 aliphatic carbocycles. The molecule has 100 valence electrons. The maximum Gasteiger partial charge on any atom is 0.124 e. The van der Waals surface area contributed by atoms with Gasteiger partial charge in [0.2, 0.25) is 0 Å². The molecule has 2 aromatic carbocycles. The zero-order chi connectivity index (χ0) is 14.0. The first kappa shape index (κ1) is 14.7. The molecule has 19 heavy (non-hydrogen) atoms. The lowest BCUT2D eigenvalue weighted by Gasteiger charge is -2.15. The Morgan fingerprint density at radius 3 is 2.21 bits per heavy atom. The van der Waals surface area contributed by atoms with Crippen LogP contribution in [-0.4, -0.2) is 7.11 Å². The van der Waals surface area contributed by atoms with Gasteiger partial charge in [-0.2, -0.15) is 0 Å². The van der Waals surface area contributed by atoms with E-state index in [0.717, 1.165) is 28.0 Å². The van der Waals surface area contributed by atoms with Gasteiger partial charge in [0, 0.05) is 3.57 Å². The largest absolute Gasteiger partial charge is 0.496 e. The molecule has 0 aliphatic rings. The van der Waals surface area contributed by atoms with Crippen LogP contribution in [0.25, 0.3) is 0 Å². The molecule has 1 atom stereocenters. The third kappa shape index (κ3) is 3.23. The van der Waals surface area contributed by atoms with Gasteiger partial charge >= 0.3 is 0 Å². The summed E-state index contributed by atoms with van der Waals surface area (Å²) in [5.41, 5.74) is 4.47. The molecule has 0 radical (unpaired) electrons. The van der Waals surface area contributed by atoms with Crippen LogP contribution in [0.1, 0.15) is 27.6 Å². The van der Waals surface area contributed by atoms with Crippen molar-refractivity contribution >= 4 is 34.2 Å². The van der Waals surface area contributed by atoms with Crippen molar-refractivity contribution in [2.75, 3.05) is 7.11 Å². The van der Waals surface area contributed by atoms with E-state index >= 15 is 0 Å². The van der Waals surface area contributed by atoms with Gasteiger partial charge in [-0.25, -0.2) is 0 Å². The van der Waals surface area contributed by atoms with Crippen LogP contribution in [-0.2, 0) is 0 Å². The summed E-state index contributed by atoms with van der Waals surface area (Å²) in [6, 6.07) is 12.5. The molecule has 2 aromatic rings. The molecule has 0 aromatic heterocycles. The fourth-order valence-corrected chi connectivity index (χ4v) is 3.14. The Bertz CT molecular complexity index is 572. The zero-order valence-electron chi connectivity index (χ0n) is 11.2. The fourth-order valence-electron chi connectivity index (χ4n) is 2.31. The van der Waals surface area contributed by atoms with E-state index in [4.69, 9.17) is 16.3 Å². The van der Waals surface area contributed by atoms with Crippen LogP contribution in [0.4, 0.5) is 0 Å². The highest BCUT2D eigenvalue weighted by Gasteiger charge is 2.14. The first-order valence-electron chi connectivity index (χ1n) is 6.07.